The molecule has 1 nitrogen and oxygen atoms in total. The summed E-state index contributed by atoms with van der Waals surface area (Å²) < 4.78 is 76.9. The summed E-state index contributed by atoms with van der Waals surface area (Å²) in [5, 5.41) is 5.59. The van der Waals surface area contributed by atoms with Crippen molar-refractivity contribution in [3.8, 4) is 44.5 Å². The van der Waals surface area contributed by atoms with Gasteiger partial charge in [-0.2, -0.15) is 0 Å². The summed E-state index contributed by atoms with van der Waals surface area (Å²) in [6.45, 7) is 0. The highest BCUT2D eigenvalue weighted by molar-refractivity contribution is 6.13. The van der Waals surface area contributed by atoms with E-state index in [1.54, 1.807) is 12.1 Å². The molecule has 0 aliphatic rings. The summed E-state index contributed by atoms with van der Waals surface area (Å²) in [4.78, 5) is 1.38. The number of anilines is 3. The summed E-state index contributed by atoms with van der Waals surface area (Å²) in [6.07, 6.45) is 0. The second-order valence-corrected chi connectivity index (χ2v) is 13.5. The fourth-order valence-electron chi connectivity index (χ4n) is 7.52. The van der Waals surface area contributed by atoms with Crippen LogP contribution in [0, 0.1) is 0 Å². The Morgan fingerprint density at radius 1 is 0.273 bits per heavy atom. The Hall–Kier alpha value is -7.22. The van der Waals surface area contributed by atoms with Crippen LogP contribution in [0.4, 0.5) is 17.1 Å². The van der Waals surface area contributed by atoms with Crippen molar-refractivity contribution in [2.75, 3.05) is 4.90 Å². The Morgan fingerprint density at radius 2 is 0.800 bits per heavy atom. The first-order valence-electron chi connectivity index (χ1n) is 22.3. The lowest BCUT2D eigenvalue weighted by atomic mass is 9.93. The molecule has 0 N–H and O–H groups in total. The van der Waals surface area contributed by atoms with Crippen molar-refractivity contribution in [2.24, 2.45) is 0 Å². The van der Waals surface area contributed by atoms with E-state index in [0.717, 1.165) is 54.6 Å². The summed E-state index contributed by atoms with van der Waals surface area (Å²) in [6, 6.07) is 53.1. The molecule has 10 aromatic carbocycles. The van der Waals surface area contributed by atoms with Crippen LogP contribution in [0.5, 0.6) is 0 Å². The first-order valence-corrected chi connectivity index (χ1v) is 18.3. The molecule has 1 heteroatoms. The number of hydrogen-bond donors (Lipinski definition) is 0. The molecule has 0 saturated carbocycles. The van der Waals surface area contributed by atoms with Crippen molar-refractivity contribution in [3.05, 3.63) is 224 Å². The maximum Gasteiger partial charge on any atom is 0.0645 e. The van der Waals surface area contributed by atoms with Crippen LogP contribution < -0.4 is 4.90 Å². The van der Waals surface area contributed by atoms with Gasteiger partial charge in [-0.25, -0.2) is 0 Å². The second kappa shape index (κ2) is 14.0. The standard InChI is InChI=1S/C54H37N/c1-2-13-38(14-3-1)42-18-10-19-43(35-42)39-27-31-46(32-28-39)55(48-21-11-20-44(36-48)50-26-12-17-40-15-4-6-22-49(40)50)47-33-29-41(30-34-47)54-37-45-16-5-7-23-51(45)52-24-8-9-25-53(52)54/h1-37H/i27D,28D,29D,30D,31D,32D,33D,34D. The Morgan fingerprint density at radius 3 is 1.56 bits per heavy atom. The minimum Gasteiger partial charge on any atom is -0.310 e. The Bertz CT molecular complexity index is 3390. The molecule has 0 amide bonds. The molecule has 10 aromatic rings. The molecular formula is C54H37N. The van der Waals surface area contributed by atoms with Gasteiger partial charge in [0.2, 0.25) is 0 Å². The largest absolute Gasteiger partial charge is 0.310 e. The zero-order chi connectivity index (χ0) is 43.5. The van der Waals surface area contributed by atoms with Gasteiger partial charge >= 0.3 is 0 Å². The number of hydrogen-bond acceptors (Lipinski definition) is 1. The third kappa shape index (κ3) is 6.12. The van der Waals surface area contributed by atoms with Crippen molar-refractivity contribution >= 4 is 49.4 Å². The summed E-state index contributed by atoms with van der Waals surface area (Å²) in [7, 11) is 0. The lowest BCUT2D eigenvalue weighted by Crippen LogP contribution is -2.10. The first-order chi connectivity index (χ1) is 30.6. The van der Waals surface area contributed by atoms with Crippen LogP contribution in [0.1, 0.15) is 11.0 Å². The molecule has 0 heterocycles. The van der Waals surface area contributed by atoms with Crippen molar-refractivity contribution in [2.45, 2.75) is 0 Å². The fraction of sp³-hybridized carbons (Fsp3) is 0. The lowest BCUT2D eigenvalue weighted by molar-refractivity contribution is 1.28. The maximum absolute atomic E-state index is 9.73. The molecule has 55 heavy (non-hydrogen) atoms. The van der Waals surface area contributed by atoms with Gasteiger partial charge in [0.25, 0.3) is 0 Å². The van der Waals surface area contributed by atoms with Gasteiger partial charge in [0.05, 0.1) is 11.0 Å². The van der Waals surface area contributed by atoms with Gasteiger partial charge < -0.3 is 4.90 Å². The predicted molar refractivity (Wildman–Crippen MR) is 235 cm³/mol. The molecule has 0 aliphatic heterocycles. The van der Waals surface area contributed by atoms with E-state index < -0.39 is 24.2 Å². The van der Waals surface area contributed by atoms with E-state index in [4.69, 9.17) is 0 Å². The first kappa shape index (κ1) is 24.9. The van der Waals surface area contributed by atoms with Crippen molar-refractivity contribution in [3.63, 3.8) is 0 Å². The Labute approximate surface area is 333 Å². The van der Waals surface area contributed by atoms with E-state index in [1.807, 2.05) is 164 Å². The monoisotopic (exact) mass is 707 g/mol. The Kier molecular flexibility index (Phi) is 6.33. The maximum atomic E-state index is 9.73. The van der Waals surface area contributed by atoms with Crippen LogP contribution in [-0.4, -0.2) is 0 Å². The van der Waals surface area contributed by atoms with Crippen LogP contribution in [0.2, 0.25) is 0 Å². The summed E-state index contributed by atoms with van der Waals surface area (Å²) in [5.41, 5.74) is 4.67. The minimum absolute atomic E-state index is 0.106. The zero-order valence-electron chi connectivity index (χ0n) is 37.7. The third-order valence-electron chi connectivity index (χ3n) is 10.2. The van der Waals surface area contributed by atoms with Gasteiger partial charge in [0, 0.05) is 17.1 Å². The SMILES string of the molecule is [2H]c1c([2H])c(N(c2cccc(-c3cccc4ccccc34)c2)c2c([2H])c([2H])c(-c3cc4ccccc4c4ccccc34)c([2H])c2[2H])c([2H])c([2H])c1-c1cccc(-c2ccccc2)c1. The average molecular weight is 708 g/mol. The quantitative estimate of drug-likeness (QED) is 0.149. The highest BCUT2D eigenvalue weighted by Gasteiger charge is 2.16. The molecule has 0 fully saturated rings. The van der Waals surface area contributed by atoms with Crippen LogP contribution in [0.3, 0.4) is 0 Å². The molecule has 0 aromatic heterocycles. The number of nitrogens with zero attached hydrogens (tertiary/aromatic N) is 1. The van der Waals surface area contributed by atoms with E-state index in [1.165, 1.54) is 4.90 Å². The van der Waals surface area contributed by atoms with Gasteiger partial charge in [-0.05, 0) is 125 Å². The van der Waals surface area contributed by atoms with Gasteiger partial charge in [-0.3, -0.25) is 0 Å². The van der Waals surface area contributed by atoms with Crippen LogP contribution in [0.15, 0.2) is 224 Å². The van der Waals surface area contributed by atoms with Crippen LogP contribution in [0.25, 0.3) is 76.8 Å². The second-order valence-electron chi connectivity index (χ2n) is 13.5. The van der Waals surface area contributed by atoms with Crippen molar-refractivity contribution < 1.29 is 11.0 Å². The molecule has 258 valence electrons. The number of rotatable bonds is 7. The molecule has 0 radical (unpaired) electrons. The smallest absolute Gasteiger partial charge is 0.0645 e. The predicted octanol–water partition coefficient (Wildman–Crippen LogP) is 15.3. The summed E-state index contributed by atoms with van der Waals surface area (Å²) in [5.74, 6) is 0. The normalized spacial score (nSPS) is 13.3. The van der Waals surface area contributed by atoms with E-state index in [2.05, 4.69) is 0 Å². The highest BCUT2D eigenvalue weighted by Crippen LogP contribution is 2.41. The van der Waals surface area contributed by atoms with Gasteiger partial charge in [-0.1, -0.05) is 176 Å². The lowest BCUT2D eigenvalue weighted by Gasteiger charge is -2.26. The van der Waals surface area contributed by atoms with E-state index >= 15 is 0 Å². The summed E-state index contributed by atoms with van der Waals surface area (Å²) >= 11 is 0. The average Bonchev–Trinajstić information content (AvgIpc) is 3.32. The molecule has 0 saturated heterocycles. The van der Waals surface area contributed by atoms with Gasteiger partial charge in [0.15, 0.2) is 0 Å². The zero-order valence-corrected chi connectivity index (χ0v) is 29.7. The van der Waals surface area contributed by atoms with Crippen molar-refractivity contribution in [1.82, 2.24) is 0 Å². The third-order valence-corrected chi connectivity index (χ3v) is 10.2. The molecule has 0 atom stereocenters. The highest BCUT2D eigenvalue weighted by atomic mass is 15.1. The molecule has 0 aliphatic carbocycles. The van der Waals surface area contributed by atoms with Crippen LogP contribution >= 0.6 is 0 Å². The van der Waals surface area contributed by atoms with Gasteiger partial charge in [0.1, 0.15) is 0 Å². The fourth-order valence-corrected chi connectivity index (χ4v) is 7.52. The molecule has 10 rings (SSSR count). The van der Waals surface area contributed by atoms with E-state index in [9.17, 15) is 11.0 Å². The van der Waals surface area contributed by atoms with E-state index in [-0.39, 0.29) is 46.7 Å². The van der Waals surface area contributed by atoms with Crippen molar-refractivity contribution in [1.29, 1.82) is 0 Å². The minimum atomic E-state index is -0.395. The molecule has 0 unspecified atom stereocenters. The topological polar surface area (TPSA) is 3.24 Å². The van der Waals surface area contributed by atoms with Gasteiger partial charge in [-0.15, -0.1) is 0 Å². The van der Waals surface area contributed by atoms with E-state index in [0.29, 0.717) is 16.8 Å². The molecule has 0 spiro atoms. The molecular weight excluding hydrogens is 663 g/mol. The Balaban J connectivity index is 1.23. The number of fused-ring (bicyclic) bond motifs is 4. The number of benzene rings is 10. The van der Waals surface area contributed by atoms with Crippen LogP contribution in [-0.2, 0) is 0 Å². The molecule has 0 bridgehead atoms.